The molecular formula is C16H23N3O5S. The molecule has 0 spiro atoms. The van der Waals surface area contributed by atoms with Gasteiger partial charge in [0, 0.05) is 27.2 Å². The highest BCUT2D eigenvalue weighted by Gasteiger charge is 2.31. The molecule has 0 aromatic heterocycles. The number of rotatable bonds is 5. The number of aliphatic carboxylic acids is 1. The average molecular weight is 369 g/mol. The Morgan fingerprint density at radius 1 is 1.28 bits per heavy atom. The fourth-order valence-corrected chi connectivity index (χ4v) is 3.55. The molecule has 1 heterocycles. The van der Waals surface area contributed by atoms with Gasteiger partial charge in [-0.25, -0.2) is 17.5 Å². The SMILES string of the molecule is CC(NC(=O)N1CCC(C(=O)O)C1)c1ccc(S(=O)(=O)N(C)C)cc1. The second-order valence-electron chi connectivity index (χ2n) is 6.30. The molecule has 8 nitrogen and oxygen atoms in total. The van der Waals surface area contributed by atoms with Gasteiger partial charge >= 0.3 is 12.0 Å². The van der Waals surface area contributed by atoms with Crippen LogP contribution in [0.4, 0.5) is 4.79 Å². The van der Waals surface area contributed by atoms with Crippen molar-refractivity contribution >= 4 is 22.0 Å². The van der Waals surface area contributed by atoms with Gasteiger partial charge in [0.05, 0.1) is 16.9 Å². The van der Waals surface area contributed by atoms with E-state index in [1.807, 2.05) is 0 Å². The molecule has 0 aliphatic carbocycles. The second kappa shape index (κ2) is 7.40. The molecule has 1 aliphatic heterocycles. The number of urea groups is 1. The predicted octanol–water partition coefficient (Wildman–Crippen LogP) is 1.11. The van der Waals surface area contributed by atoms with Crippen molar-refractivity contribution in [1.29, 1.82) is 0 Å². The van der Waals surface area contributed by atoms with E-state index in [1.165, 1.54) is 31.1 Å². The Balaban J connectivity index is 2.00. The molecule has 0 radical (unpaired) electrons. The van der Waals surface area contributed by atoms with E-state index in [0.717, 1.165) is 9.87 Å². The van der Waals surface area contributed by atoms with E-state index in [1.54, 1.807) is 19.1 Å². The van der Waals surface area contributed by atoms with Crippen molar-refractivity contribution in [2.45, 2.75) is 24.3 Å². The van der Waals surface area contributed by atoms with Gasteiger partial charge < -0.3 is 15.3 Å². The number of nitrogens with one attached hydrogen (secondary N) is 1. The monoisotopic (exact) mass is 369 g/mol. The molecule has 1 fully saturated rings. The van der Waals surface area contributed by atoms with E-state index in [2.05, 4.69) is 5.32 Å². The lowest BCUT2D eigenvalue weighted by Gasteiger charge is -2.21. The third-order valence-electron chi connectivity index (χ3n) is 4.32. The van der Waals surface area contributed by atoms with Crippen LogP contribution < -0.4 is 5.32 Å². The van der Waals surface area contributed by atoms with Crippen LogP contribution in [0.1, 0.15) is 24.9 Å². The van der Waals surface area contributed by atoms with Crippen LogP contribution in [0.2, 0.25) is 0 Å². The lowest BCUT2D eigenvalue weighted by molar-refractivity contribution is -0.141. The lowest BCUT2D eigenvalue weighted by Crippen LogP contribution is -2.40. The zero-order valence-electron chi connectivity index (χ0n) is 14.5. The van der Waals surface area contributed by atoms with E-state index in [9.17, 15) is 18.0 Å². The van der Waals surface area contributed by atoms with Crippen LogP contribution in [0.3, 0.4) is 0 Å². The zero-order valence-corrected chi connectivity index (χ0v) is 15.3. The van der Waals surface area contributed by atoms with Crippen molar-refractivity contribution in [1.82, 2.24) is 14.5 Å². The Bertz CT molecular complexity index is 746. The summed E-state index contributed by atoms with van der Waals surface area (Å²) in [6.45, 7) is 2.40. The van der Waals surface area contributed by atoms with Crippen molar-refractivity contribution in [2.24, 2.45) is 5.92 Å². The van der Waals surface area contributed by atoms with Crippen molar-refractivity contribution in [3.63, 3.8) is 0 Å². The maximum absolute atomic E-state index is 12.2. The number of carbonyl (C=O) groups is 2. The molecule has 1 saturated heterocycles. The van der Waals surface area contributed by atoms with Gasteiger partial charge in [0.2, 0.25) is 10.0 Å². The second-order valence-corrected chi connectivity index (χ2v) is 8.45. The quantitative estimate of drug-likeness (QED) is 0.809. The molecule has 138 valence electrons. The van der Waals surface area contributed by atoms with Crippen molar-refractivity contribution in [3.8, 4) is 0 Å². The highest BCUT2D eigenvalue weighted by Crippen LogP contribution is 2.20. The molecule has 2 unspecified atom stereocenters. The Morgan fingerprint density at radius 3 is 2.36 bits per heavy atom. The highest BCUT2D eigenvalue weighted by molar-refractivity contribution is 7.89. The molecule has 0 bridgehead atoms. The number of amides is 2. The molecule has 9 heteroatoms. The van der Waals surface area contributed by atoms with Crippen molar-refractivity contribution < 1.29 is 23.1 Å². The number of nitrogens with zero attached hydrogens (tertiary/aromatic N) is 2. The van der Waals surface area contributed by atoms with Gasteiger partial charge in [-0.3, -0.25) is 4.79 Å². The van der Waals surface area contributed by atoms with E-state index >= 15 is 0 Å². The van der Waals surface area contributed by atoms with E-state index in [0.29, 0.717) is 13.0 Å². The summed E-state index contributed by atoms with van der Waals surface area (Å²) in [6.07, 6.45) is 0.453. The summed E-state index contributed by atoms with van der Waals surface area (Å²) in [4.78, 5) is 24.9. The molecule has 2 rings (SSSR count). The van der Waals surface area contributed by atoms with E-state index in [-0.39, 0.29) is 23.5 Å². The van der Waals surface area contributed by atoms with Gasteiger partial charge in [-0.2, -0.15) is 0 Å². The summed E-state index contributed by atoms with van der Waals surface area (Å²) >= 11 is 0. The summed E-state index contributed by atoms with van der Waals surface area (Å²) < 4.78 is 25.2. The number of carboxylic acids is 1. The Hall–Kier alpha value is -2.13. The van der Waals surface area contributed by atoms with Crippen molar-refractivity contribution in [2.75, 3.05) is 27.2 Å². The number of carboxylic acid groups (broad SMARTS) is 1. The van der Waals surface area contributed by atoms with Gasteiger partial charge in [-0.15, -0.1) is 0 Å². The Kier molecular flexibility index (Phi) is 5.69. The minimum atomic E-state index is -3.49. The smallest absolute Gasteiger partial charge is 0.317 e. The van der Waals surface area contributed by atoms with Crippen LogP contribution in [0.25, 0.3) is 0 Å². The Morgan fingerprint density at radius 2 is 1.88 bits per heavy atom. The molecule has 2 atom stereocenters. The highest BCUT2D eigenvalue weighted by atomic mass is 32.2. The molecular weight excluding hydrogens is 346 g/mol. The number of hydrogen-bond acceptors (Lipinski definition) is 4. The van der Waals surface area contributed by atoms with Gasteiger partial charge in [0.1, 0.15) is 0 Å². The topological polar surface area (TPSA) is 107 Å². The fraction of sp³-hybridized carbons (Fsp3) is 0.500. The number of likely N-dealkylation sites (tertiary alicyclic amines) is 1. The van der Waals surface area contributed by atoms with Crippen LogP contribution in [-0.2, 0) is 14.8 Å². The molecule has 1 aliphatic rings. The van der Waals surface area contributed by atoms with Gasteiger partial charge in [-0.1, -0.05) is 12.1 Å². The number of sulfonamides is 1. The molecule has 1 aromatic rings. The van der Waals surface area contributed by atoms with Crippen LogP contribution in [-0.4, -0.2) is 61.9 Å². The number of hydrogen-bond donors (Lipinski definition) is 2. The lowest BCUT2D eigenvalue weighted by atomic mass is 10.1. The minimum Gasteiger partial charge on any atom is -0.481 e. The maximum Gasteiger partial charge on any atom is 0.317 e. The zero-order chi connectivity index (χ0) is 18.8. The molecule has 2 N–H and O–H groups in total. The predicted molar refractivity (Wildman–Crippen MR) is 91.6 cm³/mol. The minimum absolute atomic E-state index is 0.184. The Labute approximate surface area is 147 Å². The summed E-state index contributed by atoms with van der Waals surface area (Å²) in [7, 11) is -0.558. The average Bonchev–Trinajstić information content (AvgIpc) is 3.05. The van der Waals surface area contributed by atoms with Crippen LogP contribution >= 0.6 is 0 Å². The van der Waals surface area contributed by atoms with E-state index < -0.39 is 21.9 Å². The normalized spacial score (nSPS) is 19.0. The maximum atomic E-state index is 12.2. The first kappa shape index (κ1) is 19.2. The molecule has 2 amide bonds. The van der Waals surface area contributed by atoms with Gasteiger partial charge in [0.25, 0.3) is 0 Å². The van der Waals surface area contributed by atoms with Crippen LogP contribution in [0.15, 0.2) is 29.2 Å². The molecule has 25 heavy (non-hydrogen) atoms. The van der Waals surface area contributed by atoms with Gasteiger partial charge in [0.15, 0.2) is 0 Å². The standard InChI is InChI=1S/C16H23N3O5S/c1-11(17-16(22)19-9-8-13(10-19)15(20)21)12-4-6-14(7-5-12)25(23,24)18(2)3/h4-7,11,13H,8-10H2,1-3H3,(H,17,22)(H,20,21). The molecule has 1 aromatic carbocycles. The summed E-state index contributed by atoms with van der Waals surface area (Å²) in [5, 5.41) is 11.8. The molecule has 0 saturated carbocycles. The third-order valence-corrected chi connectivity index (χ3v) is 6.15. The number of benzene rings is 1. The summed E-state index contributed by atoms with van der Waals surface area (Å²) in [5.74, 6) is -1.40. The third kappa shape index (κ3) is 4.29. The fourth-order valence-electron chi connectivity index (χ4n) is 2.65. The first-order valence-corrected chi connectivity index (χ1v) is 9.37. The first-order valence-electron chi connectivity index (χ1n) is 7.93. The van der Waals surface area contributed by atoms with Crippen LogP contribution in [0, 0.1) is 5.92 Å². The van der Waals surface area contributed by atoms with Crippen molar-refractivity contribution in [3.05, 3.63) is 29.8 Å². The largest absolute Gasteiger partial charge is 0.481 e. The van der Waals surface area contributed by atoms with E-state index in [4.69, 9.17) is 5.11 Å². The number of carbonyl (C=O) groups excluding carboxylic acids is 1. The van der Waals surface area contributed by atoms with Crippen LogP contribution in [0.5, 0.6) is 0 Å². The summed E-state index contributed by atoms with van der Waals surface area (Å²) in [6, 6.07) is 5.68. The van der Waals surface area contributed by atoms with Gasteiger partial charge in [-0.05, 0) is 31.0 Å². The summed E-state index contributed by atoms with van der Waals surface area (Å²) in [5.41, 5.74) is 0.764. The first-order chi connectivity index (χ1) is 11.6.